The maximum atomic E-state index is 6.08. The van der Waals surface area contributed by atoms with Gasteiger partial charge in [0.05, 0.1) is 0 Å². The molecule has 1 heterocycles. The van der Waals surface area contributed by atoms with Crippen LogP contribution in [0.4, 0.5) is 0 Å². The lowest BCUT2D eigenvalue weighted by Crippen LogP contribution is -2.28. The summed E-state index contributed by atoms with van der Waals surface area (Å²) in [6, 6.07) is 0.494. The number of hydrogen-bond acceptors (Lipinski definition) is 2. The van der Waals surface area contributed by atoms with Gasteiger partial charge in [-0.3, -0.25) is 0 Å². The van der Waals surface area contributed by atoms with E-state index in [1.54, 1.807) is 0 Å². The highest BCUT2D eigenvalue weighted by Crippen LogP contribution is 2.27. The molecule has 1 saturated heterocycles. The molecule has 0 aliphatic carbocycles. The molecule has 0 radical (unpaired) electrons. The lowest BCUT2D eigenvalue weighted by molar-refractivity contribution is 0.446. The lowest BCUT2D eigenvalue weighted by atomic mass is 9.96. The monoisotopic (exact) mass is 271 g/mol. The highest BCUT2D eigenvalue weighted by Gasteiger charge is 2.23. The van der Waals surface area contributed by atoms with E-state index in [4.69, 9.17) is 5.73 Å². The molecule has 0 aromatic heterocycles. The van der Waals surface area contributed by atoms with Gasteiger partial charge in [-0.05, 0) is 18.1 Å². The van der Waals surface area contributed by atoms with Crippen LogP contribution in [0, 0.1) is 5.92 Å². The second kappa shape index (κ2) is 11.2. The van der Waals surface area contributed by atoms with Crippen LogP contribution in [0.5, 0.6) is 0 Å². The molecule has 1 aliphatic rings. The largest absolute Gasteiger partial charge is 0.327 e. The van der Waals surface area contributed by atoms with Crippen molar-refractivity contribution in [2.45, 2.75) is 83.6 Å². The predicted molar refractivity (Wildman–Crippen MR) is 85.3 cm³/mol. The second-order valence-corrected chi connectivity index (χ2v) is 7.01. The fourth-order valence-electron chi connectivity index (χ4n) is 2.81. The lowest BCUT2D eigenvalue weighted by Gasteiger charge is -2.13. The summed E-state index contributed by atoms with van der Waals surface area (Å²) in [7, 11) is 0. The normalized spacial score (nSPS) is 23.7. The van der Waals surface area contributed by atoms with Gasteiger partial charge in [0.25, 0.3) is 0 Å². The molecule has 0 amide bonds. The van der Waals surface area contributed by atoms with Gasteiger partial charge in [-0.1, -0.05) is 71.1 Å². The third kappa shape index (κ3) is 7.68. The molecule has 1 fully saturated rings. The summed E-state index contributed by atoms with van der Waals surface area (Å²) in [5.74, 6) is 3.34. The highest BCUT2D eigenvalue weighted by molar-refractivity contribution is 7.99. The van der Waals surface area contributed by atoms with Gasteiger partial charge in [0.1, 0.15) is 0 Å². The summed E-state index contributed by atoms with van der Waals surface area (Å²) < 4.78 is 0. The van der Waals surface area contributed by atoms with E-state index >= 15 is 0 Å². The van der Waals surface area contributed by atoms with Crippen LogP contribution in [0.15, 0.2) is 0 Å². The van der Waals surface area contributed by atoms with Gasteiger partial charge in [-0.15, -0.1) is 0 Å². The van der Waals surface area contributed by atoms with Crippen molar-refractivity contribution in [3.8, 4) is 0 Å². The summed E-state index contributed by atoms with van der Waals surface area (Å²) in [6.45, 7) is 2.29. The van der Waals surface area contributed by atoms with Gasteiger partial charge in [-0.2, -0.15) is 11.8 Å². The predicted octanol–water partition coefficient (Wildman–Crippen LogP) is 4.99. The molecule has 0 spiro atoms. The first-order valence-corrected chi connectivity index (χ1v) is 9.33. The van der Waals surface area contributed by atoms with Crippen molar-refractivity contribution in [2.24, 2.45) is 11.7 Å². The van der Waals surface area contributed by atoms with Gasteiger partial charge < -0.3 is 5.73 Å². The van der Waals surface area contributed by atoms with Gasteiger partial charge in [0.2, 0.25) is 0 Å². The maximum Gasteiger partial charge on any atom is 0.0166 e. The molecule has 108 valence electrons. The fourth-order valence-corrected chi connectivity index (χ4v) is 4.20. The summed E-state index contributed by atoms with van der Waals surface area (Å²) in [5.41, 5.74) is 6.08. The first-order valence-electron chi connectivity index (χ1n) is 8.18. The Kier molecular flexibility index (Phi) is 10.1. The first-order chi connectivity index (χ1) is 8.84. The molecular weight excluding hydrogens is 238 g/mol. The van der Waals surface area contributed by atoms with Gasteiger partial charge in [0, 0.05) is 11.8 Å². The van der Waals surface area contributed by atoms with Crippen molar-refractivity contribution < 1.29 is 0 Å². The Bertz CT molecular complexity index is 184. The van der Waals surface area contributed by atoms with E-state index in [2.05, 4.69) is 6.92 Å². The molecule has 18 heavy (non-hydrogen) atoms. The van der Waals surface area contributed by atoms with Crippen LogP contribution >= 0.6 is 11.8 Å². The Morgan fingerprint density at radius 3 is 1.89 bits per heavy atom. The summed E-state index contributed by atoms with van der Waals surface area (Å²) >= 11 is 2.05. The fraction of sp³-hybridized carbons (Fsp3) is 1.00. The van der Waals surface area contributed by atoms with E-state index < -0.39 is 0 Å². The molecule has 1 rings (SSSR count). The van der Waals surface area contributed by atoms with Crippen molar-refractivity contribution in [2.75, 3.05) is 11.5 Å². The zero-order valence-corrected chi connectivity index (χ0v) is 13.1. The van der Waals surface area contributed by atoms with Gasteiger partial charge in [0.15, 0.2) is 0 Å². The molecule has 0 saturated carbocycles. The van der Waals surface area contributed by atoms with E-state index in [-0.39, 0.29) is 0 Å². The summed E-state index contributed by atoms with van der Waals surface area (Å²) in [6.07, 6.45) is 15.8. The minimum atomic E-state index is 0.494. The molecule has 0 aromatic rings. The zero-order chi connectivity index (χ0) is 13.1. The Hall–Kier alpha value is 0.310. The van der Waals surface area contributed by atoms with Crippen molar-refractivity contribution in [1.29, 1.82) is 0 Å². The van der Waals surface area contributed by atoms with Crippen molar-refractivity contribution in [3.05, 3.63) is 0 Å². The average molecular weight is 272 g/mol. The zero-order valence-electron chi connectivity index (χ0n) is 12.3. The van der Waals surface area contributed by atoms with Crippen LogP contribution in [-0.2, 0) is 0 Å². The Labute approximate surface area is 119 Å². The molecule has 2 heteroatoms. The number of nitrogens with two attached hydrogens (primary N) is 1. The standard InChI is InChI=1S/C16H33NS/c1-2-3-4-5-6-7-8-9-10-11-12-15-13-18-14-16(15)17/h15-16H,2-14,17H2,1H3. The number of thioether (sulfide) groups is 1. The summed E-state index contributed by atoms with van der Waals surface area (Å²) in [5, 5.41) is 0. The average Bonchev–Trinajstić information content (AvgIpc) is 2.77. The molecule has 0 bridgehead atoms. The maximum absolute atomic E-state index is 6.08. The third-order valence-electron chi connectivity index (χ3n) is 4.18. The minimum absolute atomic E-state index is 0.494. The van der Waals surface area contributed by atoms with E-state index in [0.29, 0.717) is 6.04 Å². The molecule has 2 N–H and O–H groups in total. The van der Waals surface area contributed by atoms with E-state index in [9.17, 15) is 0 Å². The van der Waals surface area contributed by atoms with Crippen LogP contribution in [0.2, 0.25) is 0 Å². The quantitative estimate of drug-likeness (QED) is 0.536. The van der Waals surface area contributed by atoms with Crippen LogP contribution in [0.3, 0.4) is 0 Å². The van der Waals surface area contributed by atoms with Crippen molar-refractivity contribution in [3.63, 3.8) is 0 Å². The minimum Gasteiger partial charge on any atom is -0.327 e. The van der Waals surface area contributed by atoms with Crippen LogP contribution in [-0.4, -0.2) is 17.5 Å². The molecule has 2 atom stereocenters. The SMILES string of the molecule is CCCCCCCCCCCCC1CSCC1N. The Morgan fingerprint density at radius 2 is 1.39 bits per heavy atom. The second-order valence-electron chi connectivity index (χ2n) is 5.93. The number of hydrogen-bond donors (Lipinski definition) is 1. The smallest absolute Gasteiger partial charge is 0.0166 e. The van der Waals surface area contributed by atoms with Crippen molar-refractivity contribution >= 4 is 11.8 Å². The molecule has 1 nitrogen and oxygen atoms in total. The van der Waals surface area contributed by atoms with Crippen LogP contribution in [0.1, 0.15) is 77.6 Å². The molecular formula is C16H33NS. The number of unbranched alkanes of at least 4 members (excludes halogenated alkanes) is 9. The summed E-state index contributed by atoms with van der Waals surface area (Å²) in [4.78, 5) is 0. The Morgan fingerprint density at radius 1 is 0.833 bits per heavy atom. The van der Waals surface area contributed by atoms with Crippen LogP contribution in [0.25, 0.3) is 0 Å². The van der Waals surface area contributed by atoms with E-state index in [1.165, 1.54) is 82.1 Å². The van der Waals surface area contributed by atoms with Gasteiger partial charge in [-0.25, -0.2) is 0 Å². The Balaban J connectivity index is 1.76. The third-order valence-corrected chi connectivity index (χ3v) is 5.46. The molecule has 1 aliphatic heterocycles. The molecule has 0 aromatic carbocycles. The number of rotatable bonds is 11. The molecule has 2 unspecified atom stereocenters. The first kappa shape index (κ1) is 16.4. The van der Waals surface area contributed by atoms with Gasteiger partial charge >= 0.3 is 0 Å². The van der Waals surface area contributed by atoms with E-state index in [0.717, 1.165) is 5.92 Å². The van der Waals surface area contributed by atoms with E-state index in [1.807, 2.05) is 11.8 Å². The van der Waals surface area contributed by atoms with Crippen molar-refractivity contribution in [1.82, 2.24) is 0 Å². The topological polar surface area (TPSA) is 26.0 Å². The highest BCUT2D eigenvalue weighted by atomic mass is 32.2. The van der Waals surface area contributed by atoms with Crippen LogP contribution < -0.4 is 5.73 Å².